The molecule has 1 saturated heterocycles. The van der Waals surface area contributed by atoms with Crippen molar-refractivity contribution < 1.29 is 3.52 Å². The molecule has 0 aromatic rings. The van der Waals surface area contributed by atoms with Crippen LogP contribution in [0.3, 0.4) is 0 Å². The van der Waals surface area contributed by atoms with Gasteiger partial charge in [-0.25, -0.2) is 0 Å². The van der Waals surface area contributed by atoms with E-state index in [0.717, 1.165) is 10.6 Å². The van der Waals surface area contributed by atoms with E-state index < -0.39 is 14.6 Å². The Kier molecular flexibility index (Phi) is 6.23. The molecule has 1 heterocycles. The van der Waals surface area contributed by atoms with Crippen LogP contribution in [0, 0.1) is 0 Å². The van der Waals surface area contributed by atoms with Crippen LogP contribution in [-0.2, 0) is 0 Å². The average Bonchev–Trinajstić information content (AvgIpc) is 1.69. The molecule has 0 amide bonds. The SMILES string of the molecule is [F][Al]1[CH2]CCC[CH2]1.[NaH]. The predicted molar refractivity (Wildman–Crippen MR) is 37.5 cm³/mol. The second-order valence-corrected chi connectivity index (χ2v) is 4.58. The van der Waals surface area contributed by atoms with Gasteiger partial charge in [0.05, 0.1) is 0 Å². The molecule has 0 nitrogen and oxygen atoms in total. The van der Waals surface area contributed by atoms with E-state index in [1.165, 1.54) is 19.3 Å². The summed E-state index contributed by atoms with van der Waals surface area (Å²) in [6.45, 7) is 0. The fourth-order valence-electron chi connectivity index (χ4n) is 1.05. The summed E-state index contributed by atoms with van der Waals surface area (Å²) in [7, 11) is 0. The molecule has 0 atom stereocenters. The van der Waals surface area contributed by atoms with Gasteiger partial charge in [-0.3, -0.25) is 0 Å². The van der Waals surface area contributed by atoms with Crippen LogP contribution in [0.5, 0.6) is 0 Å². The summed E-state index contributed by atoms with van der Waals surface area (Å²) < 4.78 is 12.3. The van der Waals surface area contributed by atoms with Gasteiger partial charge in [-0.1, -0.05) is 29.8 Å². The molecule has 0 saturated carbocycles. The Bertz CT molecular complexity index is 54.4. The van der Waals surface area contributed by atoms with Crippen molar-refractivity contribution in [3.05, 3.63) is 0 Å². The van der Waals surface area contributed by atoms with Crippen LogP contribution >= 0.6 is 0 Å². The summed E-state index contributed by atoms with van der Waals surface area (Å²) in [4.78, 5) is 0. The molecule has 1 rings (SSSR count). The molecule has 1 fully saturated rings. The van der Waals surface area contributed by atoms with Gasteiger partial charge >= 0.3 is 44.2 Å². The number of halogens is 1. The van der Waals surface area contributed by atoms with E-state index in [1.807, 2.05) is 0 Å². The first-order valence-corrected chi connectivity index (χ1v) is 5.10. The molecule has 0 aliphatic carbocycles. The van der Waals surface area contributed by atoms with E-state index >= 15 is 0 Å². The van der Waals surface area contributed by atoms with Crippen molar-refractivity contribution in [3.8, 4) is 0 Å². The topological polar surface area (TPSA) is 0 Å². The molecule has 42 valence electrons. The summed E-state index contributed by atoms with van der Waals surface area (Å²) in [5.74, 6) is 0. The minimum absolute atomic E-state index is 0. The molecule has 0 spiro atoms. The Balaban J connectivity index is 0.000000490. The summed E-state index contributed by atoms with van der Waals surface area (Å²) in [5.41, 5.74) is 0. The van der Waals surface area contributed by atoms with Gasteiger partial charge in [0, 0.05) is 0 Å². The number of hydrogen-bond acceptors (Lipinski definition) is 0. The molecule has 1 aliphatic rings. The van der Waals surface area contributed by atoms with Gasteiger partial charge in [-0.2, -0.15) is 0 Å². The van der Waals surface area contributed by atoms with Gasteiger partial charge in [0.15, 0.2) is 0 Å². The van der Waals surface area contributed by atoms with Crippen LogP contribution < -0.4 is 0 Å². The zero-order chi connectivity index (χ0) is 5.11. The molecule has 8 heavy (non-hydrogen) atoms. The van der Waals surface area contributed by atoms with E-state index in [1.54, 1.807) is 0 Å². The van der Waals surface area contributed by atoms with Crippen molar-refractivity contribution in [1.82, 2.24) is 0 Å². The molecule has 0 unspecified atom stereocenters. The van der Waals surface area contributed by atoms with Crippen molar-refractivity contribution >= 4 is 44.2 Å². The van der Waals surface area contributed by atoms with Crippen LogP contribution in [0.2, 0.25) is 10.6 Å². The van der Waals surface area contributed by atoms with Gasteiger partial charge in [-0.05, 0) is 0 Å². The summed E-state index contributed by atoms with van der Waals surface area (Å²) >= 11 is -1.59. The van der Waals surface area contributed by atoms with Crippen molar-refractivity contribution in [2.45, 2.75) is 29.8 Å². The van der Waals surface area contributed by atoms with Crippen LogP contribution in [0.15, 0.2) is 0 Å². The molecule has 0 aromatic carbocycles. The van der Waals surface area contributed by atoms with E-state index in [0.29, 0.717) is 0 Å². The molecule has 0 N–H and O–H groups in total. The Labute approximate surface area is 77.0 Å². The molecule has 1 aliphatic heterocycles. The maximum atomic E-state index is 12.3. The second-order valence-electron chi connectivity index (χ2n) is 2.24. The van der Waals surface area contributed by atoms with E-state index in [-0.39, 0.29) is 29.6 Å². The van der Waals surface area contributed by atoms with Crippen molar-refractivity contribution in [2.24, 2.45) is 0 Å². The maximum absolute atomic E-state index is 12.3. The third-order valence-electron chi connectivity index (χ3n) is 1.53. The van der Waals surface area contributed by atoms with Gasteiger partial charge in [0.1, 0.15) is 0 Å². The molecule has 0 radical (unpaired) electrons. The van der Waals surface area contributed by atoms with E-state index in [4.69, 9.17) is 0 Å². The van der Waals surface area contributed by atoms with Gasteiger partial charge in [0.25, 0.3) is 0 Å². The number of hydrogen-bond donors (Lipinski definition) is 0. The Hall–Kier alpha value is 1.46. The summed E-state index contributed by atoms with van der Waals surface area (Å²) in [5, 5.41) is 1.92. The van der Waals surface area contributed by atoms with Crippen LogP contribution in [-0.4, -0.2) is 44.2 Å². The molecular weight excluding hydrogens is 129 g/mol. The third kappa shape index (κ3) is 3.48. The summed E-state index contributed by atoms with van der Waals surface area (Å²) in [6.07, 6.45) is 3.63. The van der Waals surface area contributed by atoms with Gasteiger partial charge in [-0.15, -0.1) is 0 Å². The fourth-order valence-corrected chi connectivity index (χ4v) is 2.80. The fraction of sp³-hybridized carbons (Fsp3) is 1.00. The van der Waals surface area contributed by atoms with Crippen LogP contribution in [0.4, 0.5) is 3.52 Å². The van der Waals surface area contributed by atoms with Crippen molar-refractivity contribution in [3.63, 3.8) is 0 Å². The Morgan fingerprint density at radius 2 is 1.50 bits per heavy atom. The van der Waals surface area contributed by atoms with E-state index in [9.17, 15) is 3.52 Å². The first kappa shape index (κ1) is 9.46. The van der Waals surface area contributed by atoms with Crippen LogP contribution in [0.25, 0.3) is 0 Å². The average molecular weight is 140 g/mol. The minimum atomic E-state index is -1.59. The Morgan fingerprint density at radius 1 is 1.00 bits per heavy atom. The first-order chi connectivity index (χ1) is 3.39. The first-order valence-electron chi connectivity index (χ1n) is 3.03. The normalized spacial score (nSPS) is 19.9. The quantitative estimate of drug-likeness (QED) is 0.447. The van der Waals surface area contributed by atoms with Crippen LogP contribution in [0.1, 0.15) is 19.3 Å². The number of rotatable bonds is 0. The monoisotopic (exact) mass is 140 g/mol. The van der Waals surface area contributed by atoms with Crippen molar-refractivity contribution in [1.29, 1.82) is 0 Å². The third-order valence-corrected chi connectivity index (χ3v) is 3.60. The zero-order valence-corrected chi connectivity index (χ0v) is 5.65. The second kappa shape index (κ2) is 5.26. The van der Waals surface area contributed by atoms with E-state index in [2.05, 4.69) is 0 Å². The van der Waals surface area contributed by atoms with Gasteiger partial charge in [0.2, 0.25) is 0 Å². The summed E-state index contributed by atoms with van der Waals surface area (Å²) in [6, 6.07) is 0. The Morgan fingerprint density at radius 3 is 1.75 bits per heavy atom. The predicted octanol–water partition coefficient (Wildman–Crippen LogP) is 1.48. The zero-order valence-electron chi connectivity index (χ0n) is 4.49. The molecule has 0 bridgehead atoms. The van der Waals surface area contributed by atoms with Crippen molar-refractivity contribution in [2.75, 3.05) is 0 Å². The molecule has 0 aromatic heterocycles. The molecule has 3 heteroatoms. The van der Waals surface area contributed by atoms with Gasteiger partial charge < -0.3 is 3.52 Å². The molecular formula is C5H11AlFNa. The standard InChI is InChI=1S/C5H10.Al.FH.Na.H/c1-3-5-4-2;;;;/h1-5H2;;1H;;/q;+1;;;/p-1.